The van der Waals surface area contributed by atoms with Gasteiger partial charge in [-0.15, -0.1) is 0 Å². The maximum Gasteiger partial charge on any atom is 0.360 e. The number of esters is 1. The Balaban J connectivity index is 1.94. The highest BCUT2D eigenvalue weighted by Crippen LogP contribution is 2.34. The third-order valence-corrected chi connectivity index (χ3v) is 3.82. The highest BCUT2D eigenvalue weighted by atomic mass is 35.5. The summed E-state index contributed by atoms with van der Waals surface area (Å²) in [6.07, 6.45) is 0. The lowest BCUT2D eigenvalue weighted by Crippen LogP contribution is -2.05. The van der Waals surface area contributed by atoms with E-state index >= 15 is 0 Å². The van der Waals surface area contributed by atoms with E-state index in [1.807, 2.05) is 30.3 Å². The number of ether oxygens (including phenoxy) is 2. The monoisotopic (exact) mass is 343 g/mol. The van der Waals surface area contributed by atoms with Gasteiger partial charge >= 0.3 is 5.97 Å². The molecule has 5 nitrogen and oxygen atoms in total. The van der Waals surface area contributed by atoms with Gasteiger partial charge in [-0.2, -0.15) is 0 Å². The number of aromatic nitrogens is 1. The van der Waals surface area contributed by atoms with Gasteiger partial charge in [0.2, 0.25) is 0 Å². The first-order valence-electron chi connectivity index (χ1n) is 7.17. The number of aromatic hydroxyl groups is 1. The van der Waals surface area contributed by atoms with Gasteiger partial charge in [0.15, 0.2) is 11.4 Å². The summed E-state index contributed by atoms with van der Waals surface area (Å²) in [6, 6.07) is 14.7. The second-order valence-electron chi connectivity index (χ2n) is 5.07. The summed E-state index contributed by atoms with van der Waals surface area (Å²) in [7, 11) is 1.21. The van der Waals surface area contributed by atoms with Crippen LogP contribution in [0.5, 0.6) is 11.5 Å². The molecule has 0 saturated heterocycles. The molecule has 24 heavy (non-hydrogen) atoms. The van der Waals surface area contributed by atoms with Crippen molar-refractivity contribution in [1.29, 1.82) is 0 Å². The molecule has 0 spiro atoms. The number of benzene rings is 2. The lowest BCUT2D eigenvalue weighted by atomic mass is 10.1. The Hall–Kier alpha value is -2.79. The number of hydrogen-bond acceptors (Lipinski definition) is 5. The van der Waals surface area contributed by atoms with Crippen LogP contribution in [0.2, 0.25) is 5.15 Å². The van der Waals surface area contributed by atoms with Crippen molar-refractivity contribution in [3.8, 4) is 11.5 Å². The van der Waals surface area contributed by atoms with E-state index in [1.54, 1.807) is 18.2 Å². The molecule has 0 bridgehead atoms. The predicted octanol–water partition coefficient (Wildman–Crippen LogP) is 3.96. The minimum absolute atomic E-state index is 0.0911. The van der Waals surface area contributed by atoms with E-state index in [0.29, 0.717) is 23.1 Å². The average Bonchev–Trinajstić information content (AvgIpc) is 2.63. The van der Waals surface area contributed by atoms with Crippen molar-refractivity contribution in [2.45, 2.75) is 6.61 Å². The van der Waals surface area contributed by atoms with Crippen molar-refractivity contribution in [1.82, 2.24) is 4.98 Å². The second-order valence-corrected chi connectivity index (χ2v) is 5.43. The van der Waals surface area contributed by atoms with Crippen LogP contribution in [0.1, 0.15) is 16.1 Å². The number of carbonyl (C=O) groups excluding carboxylic acids is 1. The molecule has 0 amide bonds. The van der Waals surface area contributed by atoms with Gasteiger partial charge in [0.05, 0.1) is 7.11 Å². The van der Waals surface area contributed by atoms with Gasteiger partial charge in [0, 0.05) is 10.8 Å². The Kier molecular flexibility index (Phi) is 4.53. The van der Waals surface area contributed by atoms with E-state index < -0.39 is 5.97 Å². The SMILES string of the molecule is COC(=O)c1nc(Cl)c2cc(OCc3ccccc3)ccc2c1O. The number of halogens is 1. The number of methoxy groups -OCH3 is 1. The number of carbonyl (C=O) groups is 1. The molecule has 6 heteroatoms. The summed E-state index contributed by atoms with van der Waals surface area (Å²) in [5.74, 6) is -0.433. The summed E-state index contributed by atoms with van der Waals surface area (Å²) in [6.45, 7) is 0.406. The second kappa shape index (κ2) is 6.76. The fourth-order valence-corrected chi connectivity index (χ4v) is 2.55. The Morgan fingerprint density at radius 3 is 2.62 bits per heavy atom. The highest BCUT2D eigenvalue weighted by Gasteiger charge is 2.19. The molecule has 2 aromatic carbocycles. The zero-order valence-electron chi connectivity index (χ0n) is 12.8. The molecule has 1 aromatic heterocycles. The molecule has 0 aliphatic carbocycles. The Morgan fingerprint density at radius 1 is 1.17 bits per heavy atom. The van der Waals surface area contributed by atoms with Crippen LogP contribution in [0.4, 0.5) is 0 Å². The number of pyridine rings is 1. The third kappa shape index (κ3) is 3.12. The molecule has 1 heterocycles. The molecular formula is C18H14ClNO4. The highest BCUT2D eigenvalue weighted by molar-refractivity contribution is 6.35. The molecule has 0 unspecified atom stereocenters. The van der Waals surface area contributed by atoms with Gasteiger partial charge in [0.25, 0.3) is 0 Å². The predicted molar refractivity (Wildman–Crippen MR) is 90.5 cm³/mol. The van der Waals surface area contributed by atoms with Crippen molar-refractivity contribution < 1.29 is 19.4 Å². The normalized spacial score (nSPS) is 10.6. The van der Waals surface area contributed by atoms with Crippen LogP contribution in [-0.4, -0.2) is 23.2 Å². The van der Waals surface area contributed by atoms with Crippen molar-refractivity contribution in [3.05, 3.63) is 64.9 Å². The van der Waals surface area contributed by atoms with Crippen LogP contribution in [-0.2, 0) is 11.3 Å². The number of nitrogens with zero attached hydrogens (tertiary/aromatic N) is 1. The van der Waals surface area contributed by atoms with Crippen LogP contribution < -0.4 is 4.74 Å². The zero-order valence-corrected chi connectivity index (χ0v) is 13.6. The Labute approximate surface area is 143 Å². The topological polar surface area (TPSA) is 68.7 Å². The average molecular weight is 344 g/mol. The van der Waals surface area contributed by atoms with E-state index in [1.165, 1.54) is 7.11 Å². The Morgan fingerprint density at radius 2 is 1.92 bits per heavy atom. The first-order valence-corrected chi connectivity index (χ1v) is 7.55. The van der Waals surface area contributed by atoms with Gasteiger partial charge in [-0.1, -0.05) is 41.9 Å². The van der Waals surface area contributed by atoms with E-state index in [4.69, 9.17) is 16.3 Å². The summed E-state index contributed by atoms with van der Waals surface area (Å²) >= 11 is 6.14. The molecule has 0 radical (unpaired) electrons. The van der Waals surface area contributed by atoms with Gasteiger partial charge in [-0.05, 0) is 23.8 Å². The Bertz CT molecular complexity index is 896. The largest absolute Gasteiger partial charge is 0.505 e. The van der Waals surface area contributed by atoms with Crippen molar-refractivity contribution >= 4 is 28.3 Å². The molecular weight excluding hydrogens is 330 g/mol. The van der Waals surface area contributed by atoms with Gasteiger partial charge in [-0.3, -0.25) is 0 Å². The third-order valence-electron chi connectivity index (χ3n) is 3.53. The summed E-state index contributed by atoms with van der Waals surface area (Å²) < 4.78 is 10.3. The number of rotatable bonds is 4. The lowest BCUT2D eigenvalue weighted by molar-refractivity contribution is 0.0591. The van der Waals surface area contributed by atoms with Gasteiger partial charge in [0.1, 0.15) is 17.5 Å². The first-order chi connectivity index (χ1) is 11.6. The lowest BCUT2D eigenvalue weighted by Gasteiger charge is -2.10. The minimum atomic E-state index is -0.749. The number of fused-ring (bicyclic) bond motifs is 1. The van der Waals surface area contributed by atoms with E-state index in [0.717, 1.165) is 5.56 Å². The van der Waals surface area contributed by atoms with Crippen LogP contribution in [0.3, 0.4) is 0 Å². The zero-order chi connectivity index (χ0) is 17.1. The van der Waals surface area contributed by atoms with Crippen molar-refractivity contribution in [2.24, 2.45) is 0 Å². The van der Waals surface area contributed by atoms with E-state index in [2.05, 4.69) is 9.72 Å². The molecule has 3 aromatic rings. The number of hydrogen-bond donors (Lipinski definition) is 1. The van der Waals surface area contributed by atoms with Crippen molar-refractivity contribution in [2.75, 3.05) is 7.11 Å². The maximum atomic E-state index is 11.6. The molecule has 3 rings (SSSR count). The molecule has 0 saturated carbocycles. The molecule has 1 N–H and O–H groups in total. The van der Waals surface area contributed by atoms with E-state index in [-0.39, 0.29) is 16.6 Å². The summed E-state index contributed by atoms with van der Waals surface area (Å²) in [5, 5.41) is 11.2. The molecule has 0 fully saturated rings. The van der Waals surface area contributed by atoms with Crippen LogP contribution in [0.15, 0.2) is 48.5 Å². The van der Waals surface area contributed by atoms with Crippen LogP contribution in [0.25, 0.3) is 10.8 Å². The fraction of sp³-hybridized carbons (Fsp3) is 0.111. The smallest absolute Gasteiger partial charge is 0.360 e. The van der Waals surface area contributed by atoms with Crippen LogP contribution >= 0.6 is 11.6 Å². The summed E-state index contributed by atoms with van der Waals surface area (Å²) in [4.78, 5) is 15.5. The van der Waals surface area contributed by atoms with Crippen molar-refractivity contribution in [3.63, 3.8) is 0 Å². The van der Waals surface area contributed by atoms with Crippen LogP contribution in [0, 0.1) is 0 Å². The fourth-order valence-electron chi connectivity index (χ4n) is 2.31. The quantitative estimate of drug-likeness (QED) is 0.573. The maximum absolute atomic E-state index is 11.6. The van der Waals surface area contributed by atoms with Gasteiger partial charge < -0.3 is 14.6 Å². The molecule has 0 atom stereocenters. The molecule has 122 valence electrons. The molecule has 0 aliphatic rings. The summed E-state index contributed by atoms with van der Waals surface area (Å²) in [5.41, 5.74) is 0.818. The standard InChI is InChI=1S/C18H14ClNO4/c1-23-18(22)15-16(21)13-8-7-12(9-14(13)17(19)20-15)24-10-11-5-3-2-4-6-11/h2-9,21H,10H2,1H3. The first kappa shape index (κ1) is 16.1. The van der Waals surface area contributed by atoms with Gasteiger partial charge in [-0.25, -0.2) is 9.78 Å². The minimum Gasteiger partial charge on any atom is -0.505 e. The van der Waals surface area contributed by atoms with E-state index in [9.17, 15) is 9.90 Å². The molecule has 0 aliphatic heterocycles.